The third kappa shape index (κ3) is 4.87. The summed E-state index contributed by atoms with van der Waals surface area (Å²) in [7, 11) is 0. The Morgan fingerprint density at radius 3 is 2.84 bits per heavy atom. The summed E-state index contributed by atoms with van der Waals surface area (Å²) in [6.45, 7) is 5.86. The van der Waals surface area contributed by atoms with Gasteiger partial charge in [-0.1, -0.05) is 13.3 Å². The van der Waals surface area contributed by atoms with Gasteiger partial charge in [-0.15, -0.1) is 0 Å². The number of aromatic nitrogens is 1. The number of nitrogens with one attached hydrogen (secondary N) is 1. The molecule has 2 N–H and O–H groups in total. The van der Waals surface area contributed by atoms with Crippen molar-refractivity contribution in [3.05, 3.63) is 24.0 Å². The zero-order valence-electron chi connectivity index (χ0n) is 11.7. The van der Waals surface area contributed by atoms with Crippen molar-refractivity contribution >= 4 is 11.6 Å². The summed E-state index contributed by atoms with van der Waals surface area (Å²) in [5.41, 5.74) is 1.31. The number of carbonyl (C=O) groups is 1. The first kappa shape index (κ1) is 15.4. The minimum Gasteiger partial charge on any atom is -0.395 e. The van der Waals surface area contributed by atoms with E-state index in [1.54, 1.807) is 17.2 Å². The van der Waals surface area contributed by atoms with Crippen LogP contribution in [0, 0.1) is 0 Å². The van der Waals surface area contributed by atoms with Gasteiger partial charge in [-0.3, -0.25) is 9.78 Å². The molecule has 0 aromatic carbocycles. The van der Waals surface area contributed by atoms with Crippen LogP contribution in [0.1, 0.15) is 37.2 Å². The summed E-state index contributed by atoms with van der Waals surface area (Å²) < 4.78 is 0. The molecule has 1 heterocycles. The molecule has 19 heavy (non-hydrogen) atoms. The normalized spacial score (nSPS) is 10.3. The zero-order chi connectivity index (χ0) is 14.1. The molecule has 1 rings (SSSR count). The average Bonchev–Trinajstić information content (AvgIpc) is 2.43. The monoisotopic (exact) mass is 265 g/mol. The first-order valence-corrected chi connectivity index (χ1v) is 6.83. The minimum atomic E-state index is -0.123. The molecule has 0 saturated carbocycles. The van der Waals surface area contributed by atoms with Crippen LogP contribution in [-0.2, 0) is 0 Å². The van der Waals surface area contributed by atoms with Crippen molar-refractivity contribution in [1.29, 1.82) is 0 Å². The van der Waals surface area contributed by atoms with Gasteiger partial charge in [-0.05, 0) is 25.5 Å². The second-order valence-electron chi connectivity index (χ2n) is 4.33. The van der Waals surface area contributed by atoms with Crippen LogP contribution >= 0.6 is 0 Å². The summed E-state index contributed by atoms with van der Waals surface area (Å²) in [5.74, 6) is -0.123. The number of amides is 1. The largest absolute Gasteiger partial charge is 0.395 e. The maximum absolute atomic E-state index is 12.3. The lowest BCUT2D eigenvalue weighted by atomic mass is 10.2. The van der Waals surface area contributed by atoms with Crippen molar-refractivity contribution in [2.24, 2.45) is 0 Å². The summed E-state index contributed by atoms with van der Waals surface area (Å²) in [5, 5.41) is 12.2. The lowest BCUT2D eigenvalue weighted by Gasteiger charge is -2.21. The van der Waals surface area contributed by atoms with Crippen molar-refractivity contribution < 1.29 is 9.90 Å². The van der Waals surface area contributed by atoms with Crippen LogP contribution in [0.2, 0.25) is 0 Å². The van der Waals surface area contributed by atoms with Gasteiger partial charge in [0.25, 0.3) is 5.91 Å². The molecule has 0 saturated heterocycles. The Hall–Kier alpha value is -1.62. The lowest BCUT2D eigenvalue weighted by Crippen LogP contribution is -2.35. The smallest absolute Gasteiger partial charge is 0.272 e. The molecule has 1 aromatic heterocycles. The van der Waals surface area contributed by atoms with Gasteiger partial charge in [0.1, 0.15) is 5.69 Å². The Kier molecular flexibility index (Phi) is 6.89. The highest BCUT2D eigenvalue weighted by atomic mass is 16.3. The highest BCUT2D eigenvalue weighted by molar-refractivity contribution is 5.93. The molecule has 0 bridgehead atoms. The summed E-state index contributed by atoms with van der Waals surface area (Å²) in [4.78, 5) is 18.1. The van der Waals surface area contributed by atoms with Crippen molar-refractivity contribution in [2.45, 2.75) is 26.7 Å². The number of aliphatic hydroxyl groups is 1. The predicted molar refractivity (Wildman–Crippen MR) is 76.3 cm³/mol. The molecule has 0 unspecified atom stereocenters. The Morgan fingerprint density at radius 1 is 1.42 bits per heavy atom. The van der Waals surface area contributed by atoms with E-state index in [0.717, 1.165) is 25.1 Å². The van der Waals surface area contributed by atoms with E-state index in [9.17, 15) is 4.79 Å². The topological polar surface area (TPSA) is 65.5 Å². The molecular weight excluding hydrogens is 242 g/mol. The average molecular weight is 265 g/mol. The number of rotatable bonds is 8. The van der Waals surface area contributed by atoms with E-state index in [1.807, 2.05) is 13.0 Å². The van der Waals surface area contributed by atoms with Gasteiger partial charge in [0.2, 0.25) is 0 Å². The van der Waals surface area contributed by atoms with Crippen LogP contribution in [0.25, 0.3) is 0 Å². The fraction of sp³-hybridized carbons (Fsp3) is 0.571. The maximum atomic E-state index is 12.3. The molecule has 0 aliphatic heterocycles. The summed E-state index contributed by atoms with van der Waals surface area (Å²) in [6, 6.07) is 3.59. The second-order valence-corrected chi connectivity index (χ2v) is 4.33. The van der Waals surface area contributed by atoms with Gasteiger partial charge in [-0.25, -0.2) is 0 Å². The highest BCUT2D eigenvalue weighted by Gasteiger charge is 2.16. The molecule has 0 aliphatic carbocycles. The molecule has 0 spiro atoms. The fourth-order valence-electron chi connectivity index (χ4n) is 1.81. The third-order valence-corrected chi connectivity index (χ3v) is 2.80. The predicted octanol–water partition coefficient (Wildman–Crippen LogP) is 1.75. The Labute approximate surface area is 114 Å². The van der Waals surface area contributed by atoms with Gasteiger partial charge in [0.15, 0.2) is 0 Å². The number of hydrogen-bond donors (Lipinski definition) is 2. The van der Waals surface area contributed by atoms with E-state index in [2.05, 4.69) is 17.2 Å². The van der Waals surface area contributed by atoms with E-state index in [0.29, 0.717) is 18.8 Å². The van der Waals surface area contributed by atoms with E-state index in [-0.39, 0.29) is 12.5 Å². The van der Waals surface area contributed by atoms with Gasteiger partial charge in [0.05, 0.1) is 6.61 Å². The van der Waals surface area contributed by atoms with Gasteiger partial charge in [0, 0.05) is 31.5 Å². The van der Waals surface area contributed by atoms with Crippen molar-refractivity contribution in [2.75, 3.05) is 31.6 Å². The molecule has 0 aliphatic rings. The standard InChI is InChI=1S/C14H23N3O2/c1-3-5-8-17(9-10-18)14(19)13-11-12(15-4-2)6-7-16-13/h6-7,11,18H,3-5,8-10H2,1-2H3,(H,15,16). The molecule has 1 aromatic rings. The fourth-order valence-corrected chi connectivity index (χ4v) is 1.81. The van der Waals surface area contributed by atoms with Crippen LogP contribution < -0.4 is 5.32 Å². The number of aliphatic hydroxyl groups excluding tert-OH is 1. The number of anilines is 1. The maximum Gasteiger partial charge on any atom is 0.272 e. The molecule has 5 heteroatoms. The summed E-state index contributed by atoms with van der Waals surface area (Å²) >= 11 is 0. The van der Waals surface area contributed by atoms with E-state index in [1.165, 1.54) is 0 Å². The van der Waals surface area contributed by atoms with E-state index >= 15 is 0 Å². The molecule has 0 fully saturated rings. The van der Waals surface area contributed by atoms with Gasteiger partial charge < -0.3 is 15.3 Å². The minimum absolute atomic E-state index is 0.0254. The molecule has 0 radical (unpaired) electrons. The van der Waals surface area contributed by atoms with Crippen molar-refractivity contribution in [3.63, 3.8) is 0 Å². The van der Waals surface area contributed by atoms with Crippen molar-refractivity contribution in [1.82, 2.24) is 9.88 Å². The Bertz CT molecular complexity index is 396. The third-order valence-electron chi connectivity index (χ3n) is 2.80. The molecule has 0 atom stereocenters. The number of carbonyl (C=O) groups excluding carboxylic acids is 1. The van der Waals surface area contributed by atoms with Crippen LogP contribution in [-0.4, -0.2) is 47.1 Å². The van der Waals surface area contributed by atoms with Crippen LogP contribution in [0.5, 0.6) is 0 Å². The van der Waals surface area contributed by atoms with Gasteiger partial charge >= 0.3 is 0 Å². The highest BCUT2D eigenvalue weighted by Crippen LogP contribution is 2.10. The van der Waals surface area contributed by atoms with Crippen LogP contribution in [0.15, 0.2) is 18.3 Å². The summed E-state index contributed by atoms with van der Waals surface area (Å²) in [6.07, 6.45) is 3.57. The van der Waals surface area contributed by atoms with Crippen molar-refractivity contribution in [3.8, 4) is 0 Å². The first-order chi connectivity index (χ1) is 9.22. The number of nitrogens with zero attached hydrogens (tertiary/aromatic N) is 2. The van der Waals surface area contributed by atoms with E-state index < -0.39 is 0 Å². The molecule has 5 nitrogen and oxygen atoms in total. The second kappa shape index (κ2) is 8.48. The Balaban J connectivity index is 2.79. The lowest BCUT2D eigenvalue weighted by molar-refractivity contribution is 0.0713. The zero-order valence-corrected chi connectivity index (χ0v) is 11.7. The Morgan fingerprint density at radius 2 is 2.21 bits per heavy atom. The van der Waals surface area contributed by atoms with E-state index in [4.69, 9.17) is 5.11 Å². The molecular formula is C14H23N3O2. The quantitative estimate of drug-likeness (QED) is 0.751. The number of pyridine rings is 1. The number of hydrogen-bond acceptors (Lipinski definition) is 4. The SMILES string of the molecule is CCCCN(CCO)C(=O)c1cc(NCC)ccn1. The van der Waals surface area contributed by atoms with Crippen LogP contribution in [0.3, 0.4) is 0 Å². The molecule has 1 amide bonds. The first-order valence-electron chi connectivity index (χ1n) is 6.83. The van der Waals surface area contributed by atoms with Gasteiger partial charge in [-0.2, -0.15) is 0 Å². The number of unbranched alkanes of at least 4 members (excludes halogenated alkanes) is 1. The molecule has 106 valence electrons. The van der Waals surface area contributed by atoms with Crippen LogP contribution in [0.4, 0.5) is 5.69 Å².